The Hall–Kier alpha value is -3.79. The maximum Gasteiger partial charge on any atom is 0.375 e. The lowest BCUT2D eigenvalue weighted by atomic mass is 9.83. The first kappa shape index (κ1) is 22.4. The van der Waals surface area contributed by atoms with Gasteiger partial charge in [-0.3, -0.25) is 4.79 Å². The Balaban J connectivity index is 1.50. The smallest absolute Gasteiger partial charge is 0.375 e. The summed E-state index contributed by atoms with van der Waals surface area (Å²) in [6.45, 7) is 1.59. The van der Waals surface area contributed by atoms with Crippen molar-refractivity contribution in [2.75, 3.05) is 0 Å². The number of ether oxygens (including phenoxy) is 2. The highest BCUT2D eigenvalue weighted by molar-refractivity contribution is 5.97. The molecule has 1 heterocycles. The van der Waals surface area contributed by atoms with Crippen LogP contribution in [0.4, 0.5) is 0 Å². The molecule has 1 unspecified atom stereocenters. The van der Waals surface area contributed by atoms with E-state index in [1.54, 1.807) is 6.07 Å². The highest BCUT2D eigenvalue weighted by Crippen LogP contribution is 2.29. The summed E-state index contributed by atoms with van der Waals surface area (Å²) in [7, 11) is 0. The normalized spacial score (nSPS) is 15.9. The van der Waals surface area contributed by atoms with Crippen LogP contribution in [-0.2, 0) is 16.1 Å². The zero-order chi connectivity index (χ0) is 23.3. The van der Waals surface area contributed by atoms with Crippen molar-refractivity contribution < 1.29 is 23.5 Å². The lowest BCUT2D eigenvalue weighted by molar-refractivity contribution is -0.130. The molecule has 2 aromatic carbocycles. The van der Waals surface area contributed by atoms with Gasteiger partial charge in [-0.2, -0.15) is 5.26 Å². The molecule has 170 valence electrons. The molecule has 0 spiro atoms. The van der Waals surface area contributed by atoms with E-state index in [-0.39, 0.29) is 12.4 Å². The van der Waals surface area contributed by atoms with Crippen LogP contribution in [0.5, 0.6) is 5.75 Å². The van der Waals surface area contributed by atoms with Crippen molar-refractivity contribution in [3.05, 3.63) is 65.9 Å². The van der Waals surface area contributed by atoms with Gasteiger partial charge in [0.25, 0.3) is 5.91 Å². The van der Waals surface area contributed by atoms with Gasteiger partial charge in [-0.15, -0.1) is 0 Å². The van der Waals surface area contributed by atoms with Gasteiger partial charge in [0, 0.05) is 5.39 Å². The number of nitriles is 1. The number of benzene rings is 2. The van der Waals surface area contributed by atoms with E-state index in [2.05, 4.69) is 11.4 Å². The zero-order valence-corrected chi connectivity index (χ0v) is 18.5. The topological polar surface area (TPSA) is 102 Å². The first-order valence-corrected chi connectivity index (χ1v) is 11.1. The minimum absolute atomic E-state index is 0.000515. The van der Waals surface area contributed by atoms with E-state index in [4.69, 9.17) is 13.9 Å². The third kappa shape index (κ3) is 5.01. The Morgan fingerprint density at radius 2 is 1.79 bits per heavy atom. The third-order valence-electron chi connectivity index (χ3n) is 5.95. The molecular weight excluding hydrogens is 420 g/mol. The number of nitrogens with one attached hydrogen (secondary N) is 1. The summed E-state index contributed by atoms with van der Waals surface area (Å²) < 4.78 is 17.1. The molecule has 1 aliphatic rings. The highest BCUT2D eigenvalue weighted by Gasteiger charge is 2.36. The molecule has 1 N–H and O–H groups in total. The molecule has 1 aromatic heterocycles. The molecule has 1 amide bonds. The van der Waals surface area contributed by atoms with Crippen LogP contribution in [0.2, 0.25) is 0 Å². The number of carbonyl (C=O) groups is 2. The second-order valence-electron chi connectivity index (χ2n) is 8.30. The lowest BCUT2D eigenvalue weighted by Gasteiger charge is -2.32. The van der Waals surface area contributed by atoms with E-state index in [1.807, 2.05) is 48.5 Å². The number of amides is 1. The van der Waals surface area contributed by atoms with Gasteiger partial charge in [0.1, 0.15) is 23.5 Å². The van der Waals surface area contributed by atoms with E-state index in [0.29, 0.717) is 29.7 Å². The van der Waals surface area contributed by atoms with Crippen LogP contribution in [0, 0.1) is 11.3 Å². The second kappa shape index (κ2) is 9.78. The largest absolute Gasteiger partial charge is 0.489 e. The van der Waals surface area contributed by atoms with Gasteiger partial charge in [0.2, 0.25) is 5.76 Å². The van der Waals surface area contributed by atoms with Crippen LogP contribution >= 0.6 is 0 Å². The fraction of sp³-hybridized carbons (Fsp3) is 0.346. The lowest BCUT2D eigenvalue weighted by Crippen LogP contribution is -2.52. The summed E-state index contributed by atoms with van der Waals surface area (Å²) in [6.07, 6.45) is 2.92. The van der Waals surface area contributed by atoms with Gasteiger partial charge in [0.05, 0.1) is 11.6 Å². The predicted octanol–water partition coefficient (Wildman–Crippen LogP) is 4.90. The van der Waals surface area contributed by atoms with E-state index >= 15 is 0 Å². The van der Waals surface area contributed by atoms with Gasteiger partial charge in [0.15, 0.2) is 6.10 Å². The number of furan rings is 1. The quantitative estimate of drug-likeness (QED) is 0.518. The van der Waals surface area contributed by atoms with Crippen LogP contribution in [0.25, 0.3) is 11.0 Å². The summed E-state index contributed by atoms with van der Waals surface area (Å²) in [5.74, 6) is -0.594. The average Bonchev–Trinajstić information content (AvgIpc) is 3.22. The van der Waals surface area contributed by atoms with E-state index in [0.717, 1.165) is 24.6 Å². The fourth-order valence-corrected chi connectivity index (χ4v) is 4.10. The van der Waals surface area contributed by atoms with E-state index in [1.165, 1.54) is 6.92 Å². The number of hydrogen-bond donors (Lipinski definition) is 1. The van der Waals surface area contributed by atoms with Gasteiger partial charge in [-0.05, 0) is 38.0 Å². The summed E-state index contributed by atoms with van der Waals surface area (Å²) in [6, 6.07) is 18.8. The molecule has 3 aromatic rings. The predicted molar refractivity (Wildman–Crippen MR) is 121 cm³/mol. The van der Waals surface area contributed by atoms with Crippen molar-refractivity contribution in [2.45, 2.75) is 57.3 Å². The molecule has 0 saturated heterocycles. The Labute approximate surface area is 192 Å². The molecule has 0 aliphatic heterocycles. The molecular formula is C26H26N2O5. The molecule has 0 bridgehead atoms. The van der Waals surface area contributed by atoms with E-state index in [9.17, 15) is 14.9 Å². The van der Waals surface area contributed by atoms with Crippen LogP contribution in [0.1, 0.15) is 55.1 Å². The Kier molecular flexibility index (Phi) is 6.64. The summed E-state index contributed by atoms with van der Waals surface area (Å²) in [4.78, 5) is 25.7. The Morgan fingerprint density at radius 1 is 1.09 bits per heavy atom. The summed E-state index contributed by atoms with van der Waals surface area (Å²) in [5.41, 5.74) is 0.177. The van der Waals surface area contributed by atoms with Crippen LogP contribution in [0.3, 0.4) is 0 Å². The van der Waals surface area contributed by atoms with Crippen molar-refractivity contribution in [1.82, 2.24) is 5.32 Å². The summed E-state index contributed by atoms with van der Waals surface area (Å²) >= 11 is 0. The van der Waals surface area contributed by atoms with Crippen molar-refractivity contribution in [3.8, 4) is 11.8 Å². The summed E-state index contributed by atoms with van der Waals surface area (Å²) in [5, 5.41) is 13.1. The molecule has 7 nitrogen and oxygen atoms in total. The first-order valence-electron chi connectivity index (χ1n) is 11.1. The van der Waals surface area contributed by atoms with Crippen molar-refractivity contribution in [2.24, 2.45) is 0 Å². The second-order valence-corrected chi connectivity index (χ2v) is 8.30. The molecule has 0 radical (unpaired) electrons. The number of para-hydroxylation sites is 2. The minimum atomic E-state index is -1.08. The molecule has 4 rings (SSSR count). The SMILES string of the molecule is CC(OC(=O)c1oc2ccccc2c1COc1ccccc1)C(=O)NC1(C#N)CCCCC1. The van der Waals surface area contributed by atoms with Gasteiger partial charge >= 0.3 is 5.97 Å². The van der Waals surface area contributed by atoms with Crippen LogP contribution in [0.15, 0.2) is 59.0 Å². The average molecular weight is 447 g/mol. The highest BCUT2D eigenvalue weighted by atomic mass is 16.6. The number of esters is 1. The molecule has 7 heteroatoms. The van der Waals surface area contributed by atoms with Crippen molar-refractivity contribution in [3.63, 3.8) is 0 Å². The zero-order valence-electron chi connectivity index (χ0n) is 18.5. The van der Waals surface area contributed by atoms with Crippen molar-refractivity contribution in [1.29, 1.82) is 5.26 Å². The monoisotopic (exact) mass is 446 g/mol. The van der Waals surface area contributed by atoms with Crippen LogP contribution < -0.4 is 10.1 Å². The number of rotatable bonds is 7. The standard InChI is InChI=1S/C26H26N2O5/c1-18(24(29)28-26(17-27)14-8-3-9-15-26)32-25(30)23-21(16-31-19-10-4-2-5-11-19)20-12-6-7-13-22(20)33-23/h2,4-7,10-13,18H,3,8-9,14-16H2,1H3,(H,28,29). The van der Waals surface area contributed by atoms with Gasteiger partial charge in [-0.25, -0.2) is 4.79 Å². The molecule has 1 saturated carbocycles. The Morgan fingerprint density at radius 3 is 2.52 bits per heavy atom. The number of carbonyl (C=O) groups excluding carboxylic acids is 2. The Bertz CT molecular complexity index is 1170. The maximum absolute atomic E-state index is 13.0. The van der Waals surface area contributed by atoms with Gasteiger partial charge in [-0.1, -0.05) is 55.7 Å². The molecule has 1 fully saturated rings. The maximum atomic E-state index is 13.0. The fourth-order valence-electron chi connectivity index (χ4n) is 4.10. The van der Waals surface area contributed by atoms with Crippen LogP contribution in [-0.4, -0.2) is 23.5 Å². The molecule has 1 aliphatic carbocycles. The number of fused-ring (bicyclic) bond motifs is 1. The number of nitrogens with zero attached hydrogens (tertiary/aromatic N) is 1. The van der Waals surface area contributed by atoms with E-state index < -0.39 is 23.5 Å². The first-order chi connectivity index (χ1) is 16.0. The number of hydrogen-bond acceptors (Lipinski definition) is 6. The van der Waals surface area contributed by atoms with Gasteiger partial charge < -0.3 is 19.2 Å². The third-order valence-corrected chi connectivity index (χ3v) is 5.95. The van der Waals surface area contributed by atoms with Crippen molar-refractivity contribution >= 4 is 22.8 Å². The molecule has 33 heavy (non-hydrogen) atoms. The minimum Gasteiger partial charge on any atom is -0.489 e. The molecule has 1 atom stereocenters.